The van der Waals surface area contributed by atoms with Gasteiger partial charge in [0.05, 0.1) is 5.69 Å². The molecule has 0 spiro atoms. The van der Waals surface area contributed by atoms with Crippen LogP contribution in [-0.2, 0) is 4.79 Å². The van der Waals surface area contributed by atoms with E-state index in [1.54, 1.807) is 12.1 Å². The minimum Gasteiger partial charge on any atom is -0.311 e. The maximum Gasteiger partial charge on any atom is 0.261 e. The van der Waals surface area contributed by atoms with Crippen molar-refractivity contribution >= 4 is 39.6 Å². The Morgan fingerprint density at radius 3 is 2.71 bits per heavy atom. The van der Waals surface area contributed by atoms with Gasteiger partial charge in [-0.2, -0.15) is 0 Å². The summed E-state index contributed by atoms with van der Waals surface area (Å²) in [6.45, 7) is 1.37. The van der Waals surface area contributed by atoms with Gasteiger partial charge in [0.1, 0.15) is 5.82 Å². The van der Waals surface area contributed by atoms with Crippen molar-refractivity contribution < 1.29 is 4.79 Å². The molecule has 3 aromatic rings. The molecule has 0 unspecified atom stereocenters. The van der Waals surface area contributed by atoms with Crippen molar-refractivity contribution in [1.29, 1.82) is 0 Å². The van der Waals surface area contributed by atoms with Crippen molar-refractivity contribution in [2.24, 2.45) is 0 Å². The summed E-state index contributed by atoms with van der Waals surface area (Å²) in [7, 11) is 0. The second kappa shape index (κ2) is 5.31. The number of carbonyl (C=O) groups is 1. The molecule has 1 aromatic carbocycles. The maximum absolute atomic E-state index is 12.3. The van der Waals surface area contributed by atoms with Crippen LogP contribution in [0.25, 0.3) is 16.2 Å². The molecule has 21 heavy (non-hydrogen) atoms. The van der Waals surface area contributed by atoms with Crippen LogP contribution in [0.1, 0.15) is 6.92 Å². The molecule has 0 aliphatic carbocycles. The average molecular weight is 320 g/mol. The number of carbonyl (C=O) groups excluding carboxylic acids is 1. The molecule has 0 atom stereocenters. The molecule has 0 saturated carbocycles. The summed E-state index contributed by atoms with van der Waals surface area (Å²) >= 11 is 7.21. The zero-order valence-corrected chi connectivity index (χ0v) is 12.5. The lowest BCUT2D eigenvalue weighted by Crippen LogP contribution is -2.17. The number of nitrogens with zero attached hydrogens (tertiary/aromatic N) is 2. The van der Waals surface area contributed by atoms with Gasteiger partial charge in [0, 0.05) is 23.4 Å². The summed E-state index contributed by atoms with van der Waals surface area (Å²) in [5, 5.41) is 5.01. The lowest BCUT2D eigenvalue weighted by Gasteiger charge is -2.04. The van der Waals surface area contributed by atoms with Gasteiger partial charge in [0.15, 0.2) is 4.96 Å². The van der Waals surface area contributed by atoms with Crippen molar-refractivity contribution in [3.05, 3.63) is 51.1 Å². The van der Waals surface area contributed by atoms with Crippen molar-refractivity contribution in [2.75, 3.05) is 5.32 Å². The normalized spacial score (nSPS) is 10.8. The highest BCUT2D eigenvalue weighted by molar-refractivity contribution is 7.15. The second-order valence-corrected chi connectivity index (χ2v) is 5.68. The minimum absolute atomic E-state index is 0.241. The fraction of sp³-hybridized carbons (Fsp3) is 0.0714. The zero-order valence-electron chi connectivity index (χ0n) is 11.0. The van der Waals surface area contributed by atoms with Crippen LogP contribution >= 0.6 is 22.9 Å². The highest BCUT2D eigenvalue weighted by atomic mass is 35.5. The molecular weight excluding hydrogens is 310 g/mol. The summed E-state index contributed by atoms with van der Waals surface area (Å²) in [5.41, 5.74) is 1.38. The number of thiazole rings is 1. The predicted molar refractivity (Wildman–Crippen MR) is 84.1 cm³/mol. The topological polar surface area (TPSA) is 63.5 Å². The molecule has 2 aromatic heterocycles. The van der Waals surface area contributed by atoms with Crippen LogP contribution in [0, 0.1) is 0 Å². The molecular formula is C14H10ClN3O2S. The van der Waals surface area contributed by atoms with Gasteiger partial charge in [0.25, 0.3) is 5.56 Å². The first-order valence-corrected chi connectivity index (χ1v) is 7.35. The van der Waals surface area contributed by atoms with E-state index in [1.165, 1.54) is 28.7 Å². The van der Waals surface area contributed by atoms with Crippen LogP contribution in [0.5, 0.6) is 0 Å². The van der Waals surface area contributed by atoms with Gasteiger partial charge in [-0.05, 0) is 17.7 Å². The van der Waals surface area contributed by atoms with E-state index in [2.05, 4.69) is 10.3 Å². The molecule has 5 nitrogen and oxygen atoms in total. The van der Waals surface area contributed by atoms with Crippen LogP contribution in [0.15, 0.2) is 40.5 Å². The van der Waals surface area contributed by atoms with E-state index in [4.69, 9.17) is 11.6 Å². The fourth-order valence-corrected chi connectivity index (χ4v) is 3.01. The van der Waals surface area contributed by atoms with E-state index < -0.39 is 0 Å². The molecule has 0 aliphatic heterocycles. The van der Waals surface area contributed by atoms with Crippen molar-refractivity contribution in [2.45, 2.75) is 6.92 Å². The van der Waals surface area contributed by atoms with E-state index in [1.807, 2.05) is 17.5 Å². The third kappa shape index (κ3) is 2.68. The van der Waals surface area contributed by atoms with Crippen LogP contribution in [0.2, 0.25) is 5.02 Å². The van der Waals surface area contributed by atoms with Gasteiger partial charge in [-0.3, -0.25) is 14.0 Å². The number of aromatic nitrogens is 2. The predicted octanol–water partition coefficient (Wildman–Crippen LogP) is 3.03. The highest BCUT2D eigenvalue weighted by Crippen LogP contribution is 2.25. The molecule has 0 bridgehead atoms. The van der Waals surface area contributed by atoms with Gasteiger partial charge in [-0.25, -0.2) is 4.98 Å². The number of fused-ring (bicyclic) bond motifs is 1. The van der Waals surface area contributed by atoms with Gasteiger partial charge in [0.2, 0.25) is 5.91 Å². The monoisotopic (exact) mass is 319 g/mol. The number of nitrogens with one attached hydrogen (secondary N) is 1. The lowest BCUT2D eigenvalue weighted by atomic mass is 10.2. The van der Waals surface area contributed by atoms with Gasteiger partial charge in [-0.1, -0.05) is 23.7 Å². The number of rotatable bonds is 2. The molecule has 2 heterocycles. The Morgan fingerprint density at radius 2 is 2.05 bits per heavy atom. The Bertz CT molecular complexity index is 883. The molecule has 0 saturated heterocycles. The summed E-state index contributed by atoms with van der Waals surface area (Å²) in [5.74, 6) is -0.00210. The lowest BCUT2D eigenvalue weighted by molar-refractivity contribution is -0.114. The van der Waals surface area contributed by atoms with Gasteiger partial charge >= 0.3 is 0 Å². The number of amides is 1. The molecule has 1 N–H and O–H groups in total. The van der Waals surface area contributed by atoms with Crippen LogP contribution < -0.4 is 10.9 Å². The summed E-state index contributed by atoms with van der Waals surface area (Å²) in [6.07, 6.45) is 0. The number of hydrogen-bond acceptors (Lipinski definition) is 4. The average Bonchev–Trinajstić information content (AvgIpc) is 2.83. The molecule has 3 rings (SSSR count). The van der Waals surface area contributed by atoms with Crippen molar-refractivity contribution in [1.82, 2.24) is 9.38 Å². The van der Waals surface area contributed by atoms with Crippen LogP contribution in [-0.4, -0.2) is 15.3 Å². The van der Waals surface area contributed by atoms with E-state index >= 15 is 0 Å². The van der Waals surface area contributed by atoms with E-state index in [9.17, 15) is 9.59 Å². The SMILES string of the molecule is CC(=O)Nc1cc(=O)n2c(-c3ccc(Cl)cc3)csc2n1. The molecule has 7 heteroatoms. The van der Waals surface area contributed by atoms with Crippen LogP contribution in [0.4, 0.5) is 5.82 Å². The summed E-state index contributed by atoms with van der Waals surface area (Å²) < 4.78 is 1.51. The van der Waals surface area contributed by atoms with E-state index in [0.717, 1.165) is 11.3 Å². The summed E-state index contributed by atoms with van der Waals surface area (Å²) in [4.78, 5) is 28.1. The Morgan fingerprint density at radius 1 is 1.33 bits per heavy atom. The minimum atomic E-state index is -0.263. The third-order valence-corrected chi connectivity index (χ3v) is 3.93. The van der Waals surface area contributed by atoms with E-state index in [-0.39, 0.29) is 17.3 Å². The number of halogens is 1. The zero-order chi connectivity index (χ0) is 15.0. The first kappa shape index (κ1) is 13.8. The quantitative estimate of drug-likeness (QED) is 0.789. The van der Waals surface area contributed by atoms with Crippen molar-refractivity contribution in [3.63, 3.8) is 0 Å². The smallest absolute Gasteiger partial charge is 0.261 e. The Kier molecular flexibility index (Phi) is 3.48. The molecule has 106 valence electrons. The second-order valence-electron chi connectivity index (χ2n) is 4.41. The van der Waals surface area contributed by atoms with Crippen molar-refractivity contribution in [3.8, 4) is 11.3 Å². The first-order chi connectivity index (χ1) is 10.0. The molecule has 0 aliphatic rings. The largest absolute Gasteiger partial charge is 0.311 e. The number of benzene rings is 1. The molecule has 0 radical (unpaired) electrons. The number of hydrogen-bond donors (Lipinski definition) is 1. The van der Waals surface area contributed by atoms with E-state index in [0.29, 0.717) is 9.98 Å². The Balaban J connectivity index is 2.16. The third-order valence-electron chi connectivity index (χ3n) is 2.85. The van der Waals surface area contributed by atoms with Gasteiger partial charge < -0.3 is 5.32 Å². The maximum atomic E-state index is 12.3. The number of anilines is 1. The first-order valence-electron chi connectivity index (χ1n) is 6.09. The Hall–Kier alpha value is -2.18. The highest BCUT2D eigenvalue weighted by Gasteiger charge is 2.11. The molecule has 1 amide bonds. The summed E-state index contributed by atoms with van der Waals surface area (Å²) in [6, 6.07) is 8.53. The van der Waals surface area contributed by atoms with Crippen LogP contribution in [0.3, 0.4) is 0 Å². The van der Waals surface area contributed by atoms with Gasteiger partial charge in [-0.15, -0.1) is 11.3 Å². The molecule has 0 fully saturated rings. The fourth-order valence-electron chi connectivity index (χ4n) is 1.99. The Labute approximate surface area is 128 Å². The standard InChI is InChI=1S/C14H10ClN3O2S/c1-8(19)16-12-6-13(20)18-11(7-21-14(18)17-12)9-2-4-10(15)5-3-9/h2-7H,1H3,(H,16,19).